The van der Waals surface area contributed by atoms with Crippen LogP contribution < -0.4 is 5.32 Å². The van der Waals surface area contributed by atoms with E-state index < -0.39 is 0 Å². The van der Waals surface area contributed by atoms with Gasteiger partial charge in [-0.3, -0.25) is 4.68 Å². The molecule has 1 atom stereocenters. The molecule has 0 fully saturated rings. The van der Waals surface area contributed by atoms with E-state index in [-0.39, 0.29) is 11.9 Å². The molecule has 0 bridgehead atoms. The highest BCUT2D eigenvalue weighted by Gasteiger charge is 2.24. The number of aryl methyl sites for hydroxylation is 1. The minimum absolute atomic E-state index is 0.280. The maximum atomic E-state index is 14.1. The second-order valence-electron chi connectivity index (χ2n) is 4.13. The molecular formula is C13H14BrClFN3. The molecule has 102 valence electrons. The fourth-order valence-electron chi connectivity index (χ4n) is 2.07. The highest BCUT2D eigenvalue weighted by atomic mass is 79.9. The lowest BCUT2D eigenvalue weighted by atomic mass is 10.0. The van der Waals surface area contributed by atoms with Crippen LogP contribution in [0.5, 0.6) is 0 Å². The Balaban J connectivity index is 2.58. The molecule has 0 amide bonds. The Bertz CT molecular complexity index is 546. The molecule has 2 rings (SSSR count). The molecule has 1 N–H and O–H groups in total. The van der Waals surface area contributed by atoms with Crippen molar-refractivity contribution in [2.24, 2.45) is 7.05 Å². The van der Waals surface area contributed by atoms with Gasteiger partial charge in [-0.1, -0.05) is 40.5 Å². The number of hydrogen-bond acceptors (Lipinski definition) is 2. The Morgan fingerprint density at radius 1 is 1.53 bits per heavy atom. The smallest absolute Gasteiger partial charge is 0.129 e. The van der Waals surface area contributed by atoms with Crippen LogP contribution in [0.15, 0.2) is 28.9 Å². The van der Waals surface area contributed by atoms with E-state index in [0.29, 0.717) is 21.6 Å². The fourth-order valence-corrected chi connectivity index (χ4v) is 2.92. The Morgan fingerprint density at radius 2 is 2.26 bits per heavy atom. The summed E-state index contributed by atoms with van der Waals surface area (Å²) in [6.07, 6.45) is 1.57. The highest BCUT2D eigenvalue weighted by Crippen LogP contribution is 2.33. The fraction of sp³-hybridized carbons (Fsp3) is 0.308. The Morgan fingerprint density at radius 3 is 2.79 bits per heavy atom. The SMILES string of the molecule is CCNC(c1c(F)cccc1Br)c1c(Cl)cnn1C. The Hall–Kier alpha value is -0.910. The lowest BCUT2D eigenvalue weighted by molar-refractivity contribution is 0.530. The van der Waals surface area contributed by atoms with Gasteiger partial charge in [-0.15, -0.1) is 0 Å². The van der Waals surface area contributed by atoms with Crippen molar-refractivity contribution in [3.8, 4) is 0 Å². The van der Waals surface area contributed by atoms with E-state index in [0.717, 1.165) is 5.69 Å². The van der Waals surface area contributed by atoms with Crippen LogP contribution in [0, 0.1) is 5.82 Å². The molecule has 1 aromatic carbocycles. The summed E-state index contributed by atoms with van der Waals surface area (Å²) in [6, 6.07) is 4.57. The zero-order chi connectivity index (χ0) is 14.0. The van der Waals surface area contributed by atoms with Crippen molar-refractivity contribution in [3.63, 3.8) is 0 Å². The minimum Gasteiger partial charge on any atom is -0.305 e. The molecule has 19 heavy (non-hydrogen) atoms. The largest absolute Gasteiger partial charge is 0.305 e. The zero-order valence-corrected chi connectivity index (χ0v) is 13.0. The molecule has 1 heterocycles. The first kappa shape index (κ1) is 14.5. The molecule has 0 aliphatic heterocycles. The topological polar surface area (TPSA) is 29.9 Å². The number of halogens is 3. The number of nitrogens with zero attached hydrogens (tertiary/aromatic N) is 2. The van der Waals surface area contributed by atoms with Gasteiger partial charge in [-0.2, -0.15) is 5.10 Å². The van der Waals surface area contributed by atoms with E-state index in [1.807, 2.05) is 13.0 Å². The van der Waals surface area contributed by atoms with E-state index in [1.54, 1.807) is 24.0 Å². The normalized spacial score (nSPS) is 12.7. The number of benzene rings is 1. The molecule has 1 aromatic heterocycles. The van der Waals surface area contributed by atoms with Gasteiger partial charge in [0.05, 0.1) is 23.0 Å². The van der Waals surface area contributed by atoms with E-state index in [9.17, 15) is 4.39 Å². The molecule has 0 saturated carbocycles. The second kappa shape index (κ2) is 6.03. The number of rotatable bonds is 4. The van der Waals surface area contributed by atoms with Crippen molar-refractivity contribution < 1.29 is 4.39 Å². The molecule has 3 nitrogen and oxygen atoms in total. The van der Waals surface area contributed by atoms with Gasteiger partial charge in [0, 0.05) is 17.1 Å². The summed E-state index contributed by atoms with van der Waals surface area (Å²) in [5.41, 5.74) is 1.28. The van der Waals surface area contributed by atoms with Crippen molar-refractivity contribution in [3.05, 3.63) is 51.0 Å². The van der Waals surface area contributed by atoms with Crippen LogP contribution in [-0.4, -0.2) is 16.3 Å². The lowest BCUT2D eigenvalue weighted by Gasteiger charge is -2.21. The predicted octanol–water partition coefficient (Wildman–Crippen LogP) is 3.67. The van der Waals surface area contributed by atoms with Crippen LogP contribution in [-0.2, 0) is 7.05 Å². The van der Waals surface area contributed by atoms with Crippen LogP contribution in [0.25, 0.3) is 0 Å². The van der Waals surface area contributed by atoms with Crippen LogP contribution >= 0.6 is 27.5 Å². The molecule has 0 saturated heterocycles. The number of hydrogen-bond donors (Lipinski definition) is 1. The second-order valence-corrected chi connectivity index (χ2v) is 5.39. The highest BCUT2D eigenvalue weighted by molar-refractivity contribution is 9.10. The predicted molar refractivity (Wildman–Crippen MR) is 77.8 cm³/mol. The van der Waals surface area contributed by atoms with Gasteiger partial charge in [0.25, 0.3) is 0 Å². The molecule has 0 aliphatic rings. The van der Waals surface area contributed by atoms with E-state index >= 15 is 0 Å². The zero-order valence-electron chi connectivity index (χ0n) is 10.6. The third-order valence-corrected chi connectivity index (χ3v) is 3.89. The van der Waals surface area contributed by atoms with Crippen LogP contribution in [0.1, 0.15) is 24.2 Å². The van der Waals surface area contributed by atoms with Crippen molar-refractivity contribution in [2.75, 3.05) is 6.54 Å². The first-order chi connectivity index (χ1) is 9.06. The minimum atomic E-state index is -0.347. The summed E-state index contributed by atoms with van der Waals surface area (Å²) in [4.78, 5) is 0. The first-order valence-electron chi connectivity index (χ1n) is 5.91. The monoisotopic (exact) mass is 345 g/mol. The molecule has 1 unspecified atom stereocenters. The summed E-state index contributed by atoms with van der Waals surface area (Å²) in [5.74, 6) is -0.280. The summed E-state index contributed by atoms with van der Waals surface area (Å²) in [6.45, 7) is 2.65. The summed E-state index contributed by atoms with van der Waals surface area (Å²) in [7, 11) is 1.79. The molecular weight excluding hydrogens is 333 g/mol. The average Bonchev–Trinajstić information content (AvgIpc) is 2.68. The molecule has 2 aromatic rings. The van der Waals surface area contributed by atoms with Gasteiger partial charge in [0.15, 0.2) is 0 Å². The van der Waals surface area contributed by atoms with E-state index in [1.165, 1.54) is 6.07 Å². The van der Waals surface area contributed by atoms with Crippen molar-refractivity contribution in [2.45, 2.75) is 13.0 Å². The third kappa shape index (κ3) is 2.83. The maximum Gasteiger partial charge on any atom is 0.129 e. The Kier molecular flexibility index (Phi) is 4.60. The van der Waals surface area contributed by atoms with Crippen LogP contribution in [0.2, 0.25) is 5.02 Å². The average molecular weight is 347 g/mol. The maximum absolute atomic E-state index is 14.1. The van der Waals surface area contributed by atoms with Crippen LogP contribution in [0.3, 0.4) is 0 Å². The quantitative estimate of drug-likeness (QED) is 0.915. The first-order valence-corrected chi connectivity index (χ1v) is 7.08. The van der Waals surface area contributed by atoms with E-state index in [4.69, 9.17) is 11.6 Å². The van der Waals surface area contributed by atoms with Gasteiger partial charge in [-0.25, -0.2) is 4.39 Å². The summed E-state index contributed by atoms with van der Waals surface area (Å²) in [5, 5.41) is 7.88. The van der Waals surface area contributed by atoms with Gasteiger partial charge in [0.1, 0.15) is 5.82 Å². The Labute approximate surface area is 124 Å². The van der Waals surface area contributed by atoms with Crippen molar-refractivity contribution in [1.82, 2.24) is 15.1 Å². The number of aromatic nitrogens is 2. The summed E-state index contributed by atoms with van der Waals surface area (Å²) >= 11 is 9.57. The van der Waals surface area contributed by atoms with Crippen molar-refractivity contribution in [1.29, 1.82) is 0 Å². The standard InChI is InChI=1S/C13H14BrClFN3/c1-3-17-12(13-9(15)7-18-19(13)2)11-8(14)5-4-6-10(11)16/h4-7,12,17H,3H2,1-2H3. The molecule has 6 heteroatoms. The van der Waals surface area contributed by atoms with Gasteiger partial charge >= 0.3 is 0 Å². The van der Waals surface area contributed by atoms with E-state index in [2.05, 4.69) is 26.3 Å². The van der Waals surface area contributed by atoms with Gasteiger partial charge in [0.2, 0.25) is 0 Å². The molecule has 0 aliphatic carbocycles. The molecule has 0 radical (unpaired) electrons. The van der Waals surface area contributed by atoms with Crippen molar-refractivity contribution >= 4 is 27.5 Å². The van der Waals surface area contributed by atoms with Gasteiger partial charge < -0.3 is 5.32 Å². The third-order valence-electron chi connectivity index (χ3n) is 2.91. The lowest BCUT2D eigenvalue weighted by Crippen LogP contribution is -2.26. The van der Waals surface area contributed by atoms with Crippen LogP contribution in [0.4, 0.5) is 4.39 Å². The molecule has 0 spiro atoms. The van der Waals surface area contributed by atoms with Gasteiger partial charge in [-0.05, 0) is 18.7 Å². The number of nitrogens with one attached hydrogen (secondary N) is 1. The summed E-state index contributed by atoms with van der Waals surface area (Å²) < 4.78 is 16.5.